The van der Waals surface area contributed by atoms with Gasteiger partial charge in [-0.25, -0.2) is 4.79 Å². The molecule has 4 rings (SSSR count). The molecule has 0 unspecified atom stereocenters. The maximum atomic E-state index is 13.0. The average Bonchev–Trinajstić information content (AvgIpc) is 3.43. The second kappa shape index (κ2) is 12.6. The molecule has 11 heteroatoms. The summed E-state index contributed by atoms with van der Waals surface area (Å²) in [5.41, 5.74) is 0.367. The first-order valence-corrected chi connectivity index (χ1v) is 12.5. The molecule has 1 aliphatic heterocycles. The van der Waals surface area contributed by atoms with Crippen molar-refractivity contribution < 1.29 is 25.2 Å². The number of aromatic amines is 1. The zero-order valence-corrected chi connectivity index (χ0v) is 20.4. The van der Waals surface area contributed by atoms with Crippen LogP contribution in [0.15, 0.2) is 30.3 Å². The number of benzene rings is 1. The number of H-pyrrole nitrogens is 1. The summed E-state index contributed by atoms with van der Waals surface area (Å²) in [5.74, 6) is -0.155. The summed E-state index contributed by atoms with van der Waals surface area (Å²) in [7, 11) is 0. The number of hydrogen-bond donors (Lipinski definition) is 3. The highest BCUT2D eigenvalue weighted by molar-refractivity contribution is 5.96. The number of nitrogens with one attached hydrogen (secondary N) is 3. The Morgan fingerprint density at radius 1 is 1.17 bits per heavy atom. The number of piperidine rings is 1. The van der Waals surface area contributed by atoms with Gasteiger partial charge in [-0.3, -0.25) is 9.59 Å². The third-order valence-corrected chi connectivity index (χ3v) is 7.00. The number of hydrogen-bond acceptors (Lipinski definition) is 9. The van der Waals surface area contributed by atoms with E-state index in [9.17, 15) is 14.4 Å². The Balaban J connectivity index is 1.32. The highest BCUT2D eigenvalue weighted by Crippen LogP contribution is 2.40. The number of fused-ring (bicyclic) bond motifs is 1. The SMILES string of the molecule is [2H][C@@]1(C(=O)OC[C@H](NC(=O)c2ccccc2)C(=O)OCC)C[C@H]2C[C@@H](CCc3nn[nH]n3)CC[C@H]2CN1. The molecule has 1 saturated heterocycles. The van der Waals surface area contributed by atoms with Gasteiger partial charge in [0.25, 0.3) is 5.91 Å². The molecule has 36 heavy (non-hydrogen) atoms. The number of carbonyl (C=O) groups is 3. The van der Waals surface area contributed by atoms with Crippen LogP contribution in [0.1, 0.15) is 56.6 Å². The first kappa shape index (κ1) is 24.4. The molecule has 0 bridgehead atoms. The third-order valence-electron chi connectivity index (χ3n) is 7.00. The lowest BCUT2D eigenvalue weighted by molar-refractivity contribution is -0.153. The van der Waals surface area contributed by atoms with Crippen molar-refractivity contribution >= 4 is 17.8 Å². The summed E-state index contributed by atoms with van der Waals surface area (Å²) in [6, 6.07) is 5.64. The molecule has 2 aliphatic rings. The van der Waals surface area contributed by atoms with E-state index in [1.807, 2.05) is 0 Å². The number of aromatic nitrogens is 4. The number of esters is 2. The number of ether oxygens (including phenoxy) is 2. The van der Waals surface area contributed by atoms with E-state index in [2.05, 4.69) is 31.3 Å². The second-order valence-electron chi connectivity index (χ2n) is 9.37. The lowest BCUT2D eigenvalue weighted by Crippen LogP contribution is -2.51. The Kier molecular flexibility index (Phi) is 8.50. The van der Waals surface area contributed by atoms with Crippen molar-refractivity contribution in [2.45, 2.75) is 57.5 Å². The highest BCUT2D eigenvalue weighted by atomic mass is 16.6. The number of aryl methyl sites for hydroxylation is 1. The van der Waals surface area contributed by atoms with E-state index in [1.165, 1.54) is 0 Å². The van der Waals surface area contributed by atoms with Crippen LogP contribution in [0.5, 0.6) is 0 Å². The summed E-state index contributed by atoms with van der Waals surface area (Å²) in [6.07, 6.45) is 5.07. The van der Waals surface area contributed by atoms with Gasteiger partial charge in [0.1, 0.15) is 12.6 Å². The molecule has 0 spiro atoms. The molecule has 2 heterocycles. The van der Waals surface area contributed by atoms with E-state index in [0.29, 0.717) is 36.2 Å². The normalized spacial score (nSPS) is 26.7. The first-order chi connectivity index (χ1) is 17.9. The van der Waals surface area contributed by atoms with Gasteiger partial charge in [0.05, 0.1) is 7.98 Å². The van der Waals surface area contributed by atoms with Crippen LogP contribution in [-0.4, -0.2) is 70.3 Å². The molecule has 1 amide bonds. The van der Waals surface area contributed by atoms with Gasteiger partial charge in [0.15, 0.2) is 11.9 Å². The zero-order chi connectivity index (χ0) is 26.3. The topological polar surface area (TPSA) is 148 Å². The van der Waals surface area contributed by atoms with Gasteiger partial charge in [0.2, 0.25) is 0 Å². The van der Waals surface area contributed by atoms with Crippen molar-refractivity contribution in [3.05, 3.63) is 41.7 Å². The summed E-state index contributed by atoms with van der Waals surface area (Å²) >= 11 is 0. The zero-order valence-electron chi connectivity index (χ0n) is 21.4. The van der Waals surface area contributed by atoms with E-state index < -0.39 is 36.5 Å². The van der Waals surface area contributed by atoms with Crippen LogP contribution in [0.2, 0.25) is 0 Å². The molecular formula is C25H34N6O5. The fourth-order valence-electron chi connectivity index (χ4n) is 5.06. The fraction of sp³-hybridized carbons (Fsp3) is 0.600. The molecule has 11 nitrogen and oxygen atoms in total. The van der Waals surface area contributed by atoms with Crippen molar-refractivity contribution in [2.24, 2.45) is 17.8 Å². The van der Waals surface area contributed by atoms with Gasteiger partial charge < -0.3 is 20.1 Å². The largest absolute Gasteiger partial charge is 0.464 e. The van der Waals surface area contributed by atoms with Crippen molar-refractivity contribution in [3.8, 4) is 0 Å². The van der Waals surface area contributed by atoms with Gasteiger partial charge in [-0.2, -0.15) is 5.21 Å². The molecule has 2 aromatic rings. The van der Waals surface area contributed by atoms with Gasteiger partial charge in [-0.1, -0.05) is 29.8 Å². The van der Waals surface area contributed by atoms with E-state index in [1.54, 1.807) is 37.3 Å². The Morgan fingerprint density at radius 3 is 2.75 bits per heavy atom. The molecule has 0 radical (unpaired) electrons. The molecule has 1 aromatic carbocycles. The molecule has 1 saturated carbocycles. The second-order valence-corrected chi connectivity index (χ2v) is 9.37. The summed E-state index contributed by atoms with van der Waals surface area (Å²) in [5, 5.41) is 19.7. The van der Waals surface area contributed by atoms with Gasteiger partial charge in [0, 0.05) is 12.0 Å². The fourth-order valence-corrected chi connectivity index (χ4v) is 5.06. The monoisotopic (exact) mass is 499 g/mol. The van der Waals surface area contributed by atoms with E-state index in [4.69, 9.17) is 10.8 Å². The van der Waals surface area contributed by atoms with Crippen LogP contribution in [0.3, 0.4) is 0 Å². The first-order valence-electron chi connectivity index (χ1n) is 13.0. The van der Waals surface area contributed by atoms with Crippen LogP contribution in [0.25, 0.3) is 0 Å². The summed E-state index contributed by atoms with van der Waals surface area (Å²) < 4.78 is 19.3. The lowest BCUT2D eigenvalue weighted by Gasteiger charge is -2.42. The average molecular weight is 500 g/mol. The highest BCUT2D eigenvalue weighted by Gasteiger charge is 2.38. The predicted octanol–water partition coefficient (Wildman–Crippen LogP) is 1.43. The van der Waals surface area contributed by atoms with Gasteiger partial charge in [-0.15, -0.1) is 10.2 Å². The van der Waals surface area contributed by atoms with Gasteiger partial charge in [-0.05, 0) is 69.0 Å². The Bertz CT molecular complexity index is 1060. The number of nitrogens with zero attached hydrogens (tertiary/aromatic N) is 3. The molecule has 1 aliphatic carbocycles. The smallest absolute Gasteiger partial charge is 0.332 e. The van der Waals surface area contributed by atoms with E-state index in [0.717, 1.165) is 32.1 Å². The molecule has 2 fully saturated rings. The van der Waals surface area contributed by atoms with Crippen LogP contribution in [0.4, 0.5) is 0 Å². The standard InChI is InChI=1S/C25H34N6O5/c1-2-35-25(34)21(27-23(32)17-6-4-3-5-7-17)15-36-24(33)20-13-19-12-16(8-10-18(19)14-26-20)9-11-22-28-30-31-29-22/h3-7,16,18-21,26H,2,8-15H2,1H3,(H,27,32)(H,28,29,30,31)/t16-,18+,19-,20+,21+/m1/s1/i20D. The molecule has 3 N–H and O–H groups in total. The van der Waals surface area contributed by atoms with Gasteiger partial charge >= 0.3 is 11.9 Å². The molecular weight excluding hydrogens is 464 g/mol. The Morgan fingerprint density at radius 2 is 2.00 bits per heavy atom. The van der Waals surface area contributed by atoms with Crippen LogP contribution in [-0.2, 0) is 25.5 Å². The third kappa shape index (κ3) is 6.87. The molecule has 1 aromatic heterocycles. The predicted molar refractivity (Wildman–Crippen MR) is 129 cm³/mol. The summed E-state index contributed by atoms with van der Waals surface area (Å²) in [6.45, 7) is 1.92. The lowest BCUT2D eigenvalue weighted by atomic mass is 9.69. The number of rotatable bonds is 10. The number of carbonyl (C=O) groups excluding carboxylic acids is 3. The van der Waals surface area contributed by atoms with Crippen molar-refractivity contribution in [2.75, 3.05) is 19.8 Å². The van der Waals surface area contributed by atoms with Crippen molar-refractivity contribution in [3.63, 3.8) is 0 Å². The Labute approximate surface area is 211 Å². The van der Waals surface area contributed by atoms with Crippen LogP contribution < -0.4 is 10.6 Å². The van der Waals surface area contributed by atoms with E-state index >= 15 is 0 Å². The van der Waals surface area contributed by atoms with Crippen molar-refractivity contribution in [1.29, 1.82) is 0 Å². The maximum absolute atomic E-state index is 13.0. The Hall–Kier alpha value is -3.34. The number of amides is 1. The molecule has 194 valence electrons. The van der Waals surface area contributed by atoms with Crippen LogP contribution >= 0.6 is 0 Å². The molecule has 5 atom stereocenters. The quantitative estimate of drug-likeness (QED) is 0.413. The maximum Gasteiger partial charge on any atom is 0.332 e. The minimum atomic E-state index is -1.61. The minimum absolute atomic E-state index is 0.116. The summed E-state index contributed by atoms with van der Waals surface area (Å²) in [4.78, 5) is 38.0. The minimum Gasteiger partial charge on any atom is -0.464 e. The van der Waals surface area contributed by atoms with Crippen LogP contribution in [0, 0.1) is 17.8 Å². The van der Waals surface area contributed by atoms with Crippen molar-refractivity contribution in [1.82, 2.24) is 31.3 Å². The number of tetrazole rings is 1. The van der Waals surface area contributed by atoms with E-state index in [-0.39, 0.29) is 12.5 Å².